The Morgan fingerprint density at radius 2 is 1.89 bits per heavy atom. The van der Waals surface area contributed by atoms with Gasteiger partial charge in [-0.2, -0.15) is 5.10 Å². The molecule has 0 aliphatic rings. The third-order valence-corrected chi connectivity index (χ3v) is 4.73. The number of nitrogens with zero attached hydrogens (tertiary/aromatic N) is 2. The van der Waals surface area contributed by atoms with Crippen LogP contribution >= 0.6 is 11.6 Å². The zero-order chi connectivity index (χ0) is 19.8. The highest BCUT2D eigenvalue weighted by Gasteiger charge is 2.19. The molecular formula is C21H17ClN4O2. The standard InChI is InChI=1S/C21H17ClN4O2/c1-12-6-8-16(9-7-12)26-20-18(13(2)25-26)19(27)17(11-23-20)21(28)24-15-5-3-4-14(22)10-15/h3-11H,1-2H3,(H,23,27)(H,24,28). The van der Waals surface area contributed by atoms with E-state index < -0.39 is 5.91 Å². The molecule has 0 unspecified atom stereocenters. The summed E-state index contributed by atoms with van der Waals surface area (Å²) in [7, 11) is 0. The third kappa shape index (κ3) is 3.18. The van der Waals surface area contributed by atoms with Gasteiger partial charge in [0.05, 0.1) is 16.8 Å². The second-order valence-corrected chi connectivity index (χ2v) is 6.99. The Morgan fingerprint density at radius 1 is 1.14 bits per heavy atom. The SMILES string of the molecule is Cc1ccc(-n2nc(C)c3c(=O)c(C(=O)Nc4cccc(Cl)c4)c[nH]c32)cc1. The Kier molecular flexibility index (Phi) is 4.49. The van der Waals surface area contributed by atoms with Gasteiger partial charge < -0.3 is 10.3 Å². The molecule has 0 aliphatic carbocycles. The Balaban J connectivity index is 1.77. The van der Waals surface area contributed by atoms with Crippen LogP contribution in [0.3, 0.4) is 0 Å². The predicted octanol–water partition coefficient (Wildman–Crippen LogP) is 4.24. The van der Waals surface area contributed by atoms with Gasteiger partial charge in [-0.05, 0) is 44.2 Å². The van der Waals surface area contributed by atoms with E-state index >= 15 is 0 Å². The minimum absolute atomic E-state index is 0.0130. The molecule has 1 amide bonds. The number of halogens is 1. The maximum Gasteiger partial charge on any atom is 0.261 e. The van der Waals surface area contributed by atoms with E-state index in [1.807, 2.05) is 31.2 Å². The van der Waals surface area contributed by atoms with Crippen molar-refractivity contribution in [3.05, 3.63) is 86.8 Å². The van der Waals surface area contributed by atoms with Crippen molar-refractivity contribution in [2.24, 2.45) is 0 Å². The number of carbonyl (C=O) groups excluding carboxylic acids is 1. The molecule has 0 fully saturated rings. The maximum absolute atomic E-state index is 13.0. The fraction of sp³-hybridized carbons (Fsp3) is 0.0952. The average Bonchev–Trinajstić information content (AvgIpc) is 3.00. The summed E-state index contributed by atoms with van der Waals surface area (Å²) in [6, 6.07) is 14.6. The molecule has 0 radical (unpaired) electrons. The highest BCUT2D eigenvalue weighted by Crippen LogP contribution is 2.19. The molecule has 2 heterocycles. The number of carbonyl (C=O) groups is 1. The summed E-state index contributed by atoms with van der Waals surface area (Å²) in [5.41, 5.74) is 3.22. The molecule has 2 aromatic heterocycles. The number of H-pyrrole nitrogens is 1. The second-order valence-electron chi connectivity index (χ2n) is 6.55. The van der Waals surface area contributed by atoms with Crippen molar-refractivity contribution >= 4 is 34.2 Å². The van der Waals surface area contributed by atoms with Crippen molar-refractivity contribution in [3.63, 3.8) is 0 Å². The van der Waals surface area contributed by atoms with E-state index in [0.29, 0.717) is 27.4 Å². The van der Waals surface area contributed by atoms with Gasteiger partial charge >= 0.3 is 0 Å². The number of hydrogen-bond donors (Lipinski definition) is 2. The van der Waals surface area contributed by atoms with Gasteiger partial charge in [-0.1, -0.05) is 35.4 Å². The van der Waals surface area contributed by atoms with Gasteiger partial charge in [0.1, 0.15) is 11.2 Å². The minimum atomic E-state index is -0.507. The lowest BCUT2D eigenvalue weighted by Gasteiger charge is -2.06. The van der Waals surface area contributed by atoms with Crippen LogP contribution in [0.5, 0.6) is 0 Å². The fourth-order valence-electron chi connectivity index (χ4n) is 3.08. The van der Waals surface area contributed by atoms with Crippen LogP contribution in [-0.4, -0.2) is 20.7 Å². The van der Waals surface area contributed by atoms with Crippen molar-refractivity contribution in [3.8, 4) is 5.69 Å². The van der Waals surface area contributed by atoms with Gasteiger partial charge in [0.25, 0.3) is 5.91 Å². The molecule has 2 aromatic carbocycles. The van der Waals surface area contributed by atoms with Gasteiger partial charge in [-0.25, -0.2) is 4.68 Å². The molecule has 0 saturated carbocycles. The van der Waals surface area contributed by atoms with E-state index in [4.69, 9.17) is 11.6 Å². The van der Waals surface area contributed by atoms with Crippen molar-refractivity contribution < 1.29 is 4.79 Å². The summed E-state index contributed by atoms with van der Waals surface area (Å²) in [4.78, 5) is 28.7. The van der Waals surface area contributed by atoms with Crippen LogP contribution in [0.15, 0.2) is 59.5 Å². The van der Waals surface area contributed by atoms with E-state index in [1.54, 1.807) is 35.9 Å². The molecule has 0 saturated heterocycles. The monoisotopic (exact) mass is 392 g/mol. The molecule has 4 rings (SSSR count). The molecule has 6 nitrogen and oxygen atoms in total. The zero-order valence-corrected chi connectivity index (χ0v) is 16.0. The number of nitrogens with one attached hydrogen (secondary N) is 2. The molecule has 0 atom stereocenters. The van der Waals surface area contributed by atoms with E-state index in [9.17, 15) is 9.59 Å². The molecule has 0 aliphatic heterocycles. The van der Waals surface area contributed by atoms with Crippen molar-refractivity contribution in [2.45, 2.75) is 13.8 Å². The first-order valence-electron chi connectivity index (χ1n) is 8.69. The smallest absolute Gasteiger partial charge is 0.261 e. The third-order valence-electron chi connectivity index (χ3n) is 4.49. The fourth-order valence-corrected chi connectivity index (χ4v) is 3.27. The van der Waals surface area contributed by atoms with Crippen molar-refractivity contribution in [1.29, 1.82) is 0 Å². The number of anilines is 1. The summed E-state index contributed by atoms with van der Waals surface area (Å²) in [5, 5.41) is 8.07. The van der Waals surface area contributed by atoms with Gasteiger partial charge in [0.15, 0.2) is 0 Å². The zero-order valence-electron chi connectivity index (χ0n) is 15.3. The molecule has 0 bridgehead atoms. The largest absolute Gasteiger partial charge is 0.345 e. The Labute approximate surface area is 165 Å². The van der Waals surface area contributed by atoms with E-state index in [2.05, 4.69) is 15.4 Å². The molecule has 7 heteroatoms. The number of amides is 1. The number of benzene rings is 2. The first kappa shape index (κ1) is 18.0. The summed E-state index contributed by atoms with van der Waals surface area (Å²) in [5.74, 6) is -0.507. The molecule has 140 valence electrons. The Hall–Kier alpha value is -3.38. The average molecular weight is 393 g/mol. The van der Waals surface area contributed by atoms with Gasteiger partial charge in [0.2, 0.25) is 5.43 Å². The highest BCUT2D eigenvalue weighted by atomic mass is 35.5. The number of hydrogen-bond acceptors (Lipinski definition) is 3. The molecule has 0 spiro atoms. The number of rotatable bonds is 3. The summed E-state index contributed by atoms with van der Waals surface area (Å²) in [6.45, 7) is 3.75. The normalized spacial score (nSPS) is 11.0. The predicted molar refractivity (Wildman–Crippen MR) is 111 cm³/mol. The lowest BCUT2D eigenvalue weighted by molar-refractivity contribution is 0.102. The van der Waals surface area contributed by atoms with Crippen molar-refractivity contribution in [2.75, 3.05) is 5.32 Å². The highest BCUT2D eigenvalue weighted by molar-refractivity contribution is 6.31. The van der Waals surface area contributed by atoms with Crippen LogP contribution < -0.4 is 10.7 Å². The lowest BCUT2D eigenvalue weighted by atomic mass is 10.1. The number of aromatic amines is 1. The van der Waals surface area contributed by atoms with E-state index in [-0.39, 0.29) is 11.0 Å². The Bertz CT molecular complexity index is 1260. The molecule has 4 aromatic rings. The number of aromatic nitrogens is 3. The quantitative estimate of drug-likeness (QED) is 0.547. The van der Waals surface area contributed by atoms with Crippen LogP contribution in [0.2, 0.25) is 5.02 Å². The summed E-state index contributed by atoms with van der Waals surface area (Å²) >= 11 is 5.94. The van der Waals surface area contributed by atoms with Gasteiger partial charge in [-0.3, -0.25) is 9.59 Å². The second kappa shape index (κ2) is 6.98. The number of aryl methyl sites for hydroxylation is 2. The van der Waals surface area contributed by atoms with Gasteiger partial charge in [-0.15, -0.1) is 0 Å². The topological polar surface area (TPSA) is 79.8 Å². The van der Waals surface area contributed by atoms with E-state index in [0.717, 1.165) is 11.3 Å². The van der Waals surface area contributed by atoms with E-state index in [1.165, 1.54) is 6.20 Å². The maximum atomic E-state index is 13.0. The summed E-state index contributed by atoms with van der Waals surface area (Å²) < 4.78 is 1.67. The minimum Gasteiger partial charge on any atom is -0.345 e. The van der Waals surface area contributed by atoms with Crippen LogP contribution in [-0.2, 0) is 0 Å². The van der Waals surface area contributed by atoms with Crippen LogP contribution in [0.1, 0.15) is 21.6 Å². The van der Waals surface area contributed by atoms with Crippen LogP contribution in [0, 0.1) is 13.8 Å². The number of pyridine rings is 1. The number of fused-ring (bicyclic) bond motifs is 1. The molecule has 2 N–H and O–H groups in total. The first-order chi connectivity index (χ1) is 13.4. The van der Waals surface area contributed by atoms with Crippen LogP contribution in [0.4, 0.5) is 5.69 Å². The first-order valence-corrected chi connectivity index (χ1v) is 9.07. The van der Waals surface area contributed by atoms with Gasteiger partial charge in [0, 0.05) is 16.9 Å². The Morgan fingerprint density at radius 3 is 2.61 bits per heavy atom. The van der Waals surface area contributed by atoms with Crippen LogP contribution in [0.25, 0.3) is 16.7 Å². The molecule has 28 heavy (non-hydrogen) atoms. The van der Waals surface area contributed by atoms with Crippen molar-refractivity contribution in [1.82, 2.24) is 14.8 Å². The summed E-state index contributed by atoms with van der Waals surface area (Å²) in [6.07, 6.45) is 1.41. The lowest BCUT2D eigenvalue weighted by Crippen LogP contribution is -2.22. The molecular weight excluding hydrogens is 376 g/mol.